The summed E-state index contributed by atoms with van der Waals surface area (Å²) in [7, 11) is 0. The van der Waals surface area contributed by atoms with Gasteiger partial charge in [-0.15, -0.1) is 11.3 Å². The van der Waals surface area contributed by atoms with Crippen LogP contribution in [0, 0.1) is 0 Å². The molecule has 0 aliphatic rings. The molecule has 0 N–H and O–H groups in total. The summed E-state index contributed by atoms with van der Waals surface area (Å²) in [5.74, 6) is 0.932. The summed E-state index contributed by atoms with van der Waals surface area (Å²) in [5, 5.41) is 5.73. The molecule has 3 heterocycles. The smallest absolute Gasteiger partial charge is 0.147 e. The fourth-order valence-corrected chi connectivity index (χ4v) is 8.13. The molecule has 230 valence electrons. The van der Waals surface area contributed by atoms with Crippen molar-refractivity contribution in [1.82, 2.24) is 9.55 Å². The highest BCUT2D eigenvalue weighted by Crippen LogP contribution is 2.43. The monoisotopic (exact) mass is 644 g/mol. The molecule has 3 nitrogen and oxygen atoms in total. The normalized spacial score (nSPS) is 11.7. The fourth-order valence-electron chi connectivity index (χ4n) is 7.21. The summed E-state index contributed by atoms with van der Waals surface area (Å²) >= 11 is 1.77. The Balaban J connectivity index is 1.23. The van der Waals surface area contributed by atoms with Crippen molar-refractivity contribution >= 4 is 54.4 Å². The zero-order valence-electron chi connectivity index (χ0n) is 26.4. The minimum atomic E-state index is 0.905. The van der Waals surface area contributed by atoms with Crippen LogP contribution in [0.15, 0.2) is 174 Å². The van der Waals surface area contributed by atoms with Gasteiger partial charge in [0.05, 0.1) is 16.7 Å². The predicted octanol–water partition coefficient (Wildman–Crippen LogP) is 12.8. The van der Waals surface area contributed by atoms with Crippen LogP contribution in [0.4, 0.5) is 0 Å². The second-order valence-corrected chi connectivity index (χ2v) is 13.3. The molecule has 0 fully saturated rings. The lowest BCUT2D eigenvalue weighted by molar-refractivity contribution is 0.669. The van der Waals surface area contributed by atoms with Crippen LogP contribution in [0.2, 0.25) is 0 Å². The molecule has 10 rings (SSSR count). The molecule has 0 radical (unpaired) electrons. The summed E-state index contributed by atoms with van der Waals surface area (Å²) < 4.78 is 9.75. The number of hydrogen-bond acceptors (Lipinski definition) is 3. The quantitative estimate of drug-likeness (QED) is 0.187. The molecule has 0 bridgehead atoms. The summed E-state index contributed by atoms with van der Waals surface area (Å²) in [4.78, 5) is 5.38. The summed E-state index contributed by atoms with van der Waals surface area (Å²) in [6.07, 6.45) is 0. The first-order chi connectivity index (χ1) is 24.3. The Labute approximate surface area is 287 Å². The van der Waals surface area contributed by atoms with Gasteiger partial charge in [-0.2, -0.15) is 0 Å². The maximum Gasteiger partial charge on any atom is 0.147 e. The Kier molecular flexibility index (Phi) is 6.36. The number of furan rings is 1. The van der Waals surface area contributed by atoms with Gasteiger partial charge in [0.25, 0.3) is 0 Å². The second-order valence-electron chi connectivity index (χ2n) is 12.4. The molecule has 0 atom stereocenters. The van der Waals surface area contributed by atoms with E-state index in [0.29, 0.717) is 0 Å². The van der Waals surface area contributed by atoms with Crippen molar-refractivity contribution < 1.29 is 4.42 Å². The number of fused-ring (bicyclic) bond motifs is 5. The second kappa shape index (κ2) is 11.2. The molecule has 0 unspecified atom stereocenters. The van der Waals surface area contributed by atoms with Gasteiger partial charge in [0.2, 0.25) is 0 Å². The number of hydrogen-bond donors (Lipinski definition) is 0. The van der Waals surface area contributed by atoms with Crippen LogP contribution in [0.1, 0.15) is 0 Å². The van der Waals surface area contributed by atoms with Crippen molar-refractivity contribution in [2.75, 3.05) is 0 Å². The van der Waals surface area contributed by atoms with Crippen LogP contribution in [0.5, 0.6) is 0 Å². The van der Waals surface area contributed by atoms with Crippen LogP contribution < -0.4 is 0 Å². The molecule has 0 aliphatic heterocycles. The molecular formula is C45H28N2OS. The van der Waals surface area contributed by atoms with Gasteiger partial charge in [-0.25, -0.2) is 4.98 Å². The topological polar surface area (TPSA) is 31.0 Å². The third-order valence-corrected chi connectivity index (χ3v) is 10.5. The van der Waals surface area contributed by atoms with Gasteiger partial charge in [-0.05, 0) is 64.7 Å². The van der Waals surface area contributed by atoms with Gasteiger partial charge < -0.3 is 4.42 Å². The lowest BCUT2D eigenvalue weighted by Gasteiger charge is -2.19. The molecule has 0 saturated carbocycles. The zero-order chi connectivity index (χ0) is 32.3. The van der Waals surface area contributed by atoms with E-state index in [4.69, 9.17) is 9.40 Å². The maximum atomic E-state index is 6.14. The Hall–Kier alpha value is -6.23. The third-order valence-electron chi connectivity index (χ3n) is 9.51. The molecule has 10 aromatic rings. The van der Waals surface area contributed by atoms with E-state index in [2.05, 4.69) is 162 Å². The van der Waals surface area contributed by atoms with Gasteiger partial charge in [-0.3, -0.25) is 4.57 Å². The highest BCUT2D eigenvalue weighted by atomic mass is 32.1. The van der Waals surface area contributed by atoms with Gasteiger partial charge in [0.15, 0.2) is 0 Å². The summed E-state index contributed by atoms with van der Waals surface area (Å²) in [5.41, 5.74) is 13.1. The SMILES string of the molecule is c1ccc(-c2cccc(-c3ccccc3)c2-n2c(-c3csc4ccc(-c5ccc6oc7ccccc7c6c5)cc34)nc3ccccc32)cc1. The molecule has 49 heavy (non-hydrogen) atoms. The number of nitrogens with zero attached hydrogens (tertiary/aromatic N) is 2. The molecule has 0 saturated heterocycles. The molecule has 7 aromatic carbocycles. The first-order valence-corrected chi connectivity index (χ1v) is 17.3. The minimum Gasteiger partial charge on any atom is -0.456 e. The van der Waals surface area contributed by atoms with Crippen LogP contribution in [-0.4, -0.2) is 9.55 Å². The Bertz CT molecular complexity index is 2770. The maximum absolute atomic E-state index is 6.14. The van der Waals surface area contributed by atoms with Gasteiger partial charge >= 0.3 is 0 Å². The summed E-state index contributed by atoms with van der Waals surface area (Å²) in [6.45, 7) is 0. The Morgan fingerprint density at radius 1 is 0.469 bits per heavy atom. The van der Waals surface area contributed by atoms with Crippen LogP contribution in [-0.2, 0) is 0 Å². The van der Waals surface area contributed by atoms with Crippen molar-refractivity contribution in [1.29, 1.82) is 0 Å². The number of imidazole rings is 1. The number of benzene rings is 7. The number of para-hydroxylation sites is 4. The van der Waals surface area contributed by atoms with Crippen LogP contribution in [0.3, 0.4) is 0 Å². The lowest BCUT2D eigenvalue weighted by atomic mass is 9.95. The summed E-state index contributed by atoms with van der Waals surface area (Å²) in [6, 6.07) is 58.0. The van der Waals surface area contributed by atoms with E-state index >= 15 is 0 Å². The van der Waals surface area contributed by atoms with Crippen molar-refractivity contribution in [2.24, 2.45) is 0 Å². The average Bonchev–Trinajstić information content (AvgIpc) is 3.88. The molecule has 0 spiro atoms. The van der Waals surface area contributed by atoms with Crippen LogP contribution in [0.25, 0.3) is 93.5 Å². The largest absolute Gasteiger partial charge is 0.456 e. The van der Waals surface area contributed by atoms with Crippen molar-refractivity contribution in [3.05, 3.63) is 169 Å². The van der Waals surface area contributed by atoms with Crippen molar-refractivity contribution in [3.63, 3.8) is 0 Å². The lowest BCUT2D eigenvalue weighted by Crippen LogP contribution is -2.03. The van der Waals surface area contributed by atoms with Gasteiger partial charge in [0.1, 0.15) is 17.0 Å². The highest BCUT2D eigenvalue weighted by molar-refractivity contribution is 7.17. The van der Waals surface area contributed by atoms with Crippen molar-refractivity contribution in [3.8, 4) is 50.5 Å². The Morgan fingerprint density at radius 3 is 1.88 bits per heavy atom. The fraction of sp³-hybridized carbons (Fsp3) is 0. The first-order valence-electron chi connectivity index (χ1n) is 16.5. The zero-order valence-corrected chi connectivity index (χ0v) is 27.2. The Morgan fingerprint density at radius 2 is 1.10 bits per heavy atom. The van der Waals surface area contributed by atoms with E-state index in [0.717, 1.165) is 72.3 Å². The average molecular weight is 645 g/mol. The number of rotatable bonds is 5. The van der Waals surface area contributed by atoms with E-state index in [-0.39, 0.29) is 0 Å². The first kappa shape index (κ1) is 27.8. The molecular weight excluding hydrogens is 617 g/mol. The predicted molar refractivity (Wildman–Crippen MR) is 205 cm³/mol. The number of thiophene rings is 1. The van der Waals surface area contributed by atoms with E-state index in [9.17, 15) is 0 Å². The third kappa shape index (κ3) is 4.53. The van der Waals surface area contributed by atoms with E-state index in [1.807, 2.05) is 12.1 Å². The minimum absolute atomic E-state index is 0.905. The van der Waals surface area contributed by atoms with Crippen LogP contribution >= 0.6 is 11.3 Å². The van der Waals surface area contributed by atoms with E-state index in [1.165, 1.54) is 21.2 Å². The molecule has 3 aromatic heterocycles. The van der Waals surface area contributed by atoms with E-state index < -0.39 is 0 Å². The number of aromatic nitrogens is 2. The van der Waals surface area contributed by atoms with Crippen molar-refractivity contribution in [2.45, 2.75) is 0 Å². The standard InChI is InChI=1S/C45H28N2OS/c1-3-12-29(13-4-1)33-17-11-18-34(30-14-5-2-6-15-30)44(33)47-40-20-9-8-19-39(40)46-45(47)38-28-49-43-25-23-32(27-37(38)43)31-22-24-42-36(26-31)35-16-7-10-21-41(35)48-42/h1-28H. The molecule has 0 aliphatic carbocycles. The molecule has 0 amide bonds. The van der Waals surface area contributed by atoms with Gasteiger partial charge in [-0.1, -0.05) is 121 Å². The molecule has 4 heteroatoms. The highest BCUT2D eigenvalue weighted by Gasteiger charge is 2.23. The van der Waals surface area contributed by atoms with E-state index in [1.54, 1.807) is 11.3 Å². The van der Waals surface area contributed by atoms with Gasteiger partial charge in [0, 0.05) is 42.9 Å².